The summed E-state index contributed by atoms with van der Waals surface area (Å²) in [6, 6.07) is 12.6. The molecule has 0 saturated carbocycles. The lowest BCUT2D eigenvalue weighted by atomic mass is 10.2. The van der Waals surface area contributed by atoms with Crippen LogP contribution in [0, 0.1) is 0 Å². The van der Waals surface area contributed by atoms with Crippen molar-refractivity contribution in [1.29, 1.82) is 0 Å². The highest BCUT2D eigenvalue weighted by Gasteiger charge is 2.39. The van der Waals surface area contributed by atoms with Crippen LogP contribution < -0.4 is 5.32 Å². The molecule has 1 atom stereocenters. The van der Waals surface area contributed by atoms with Gasteiger partial charge in [-0.15, -0.1) is 11.0 Å². The Labute approximate surface area is 197 Å². The van der Waals surface area contributed by atoms with E-state index in [0.29, 0.717) is 10.7 Å². The van der Waals surface area contributed by atoms with E-state index in [4.69, 9.17) is 11.6 Å². The topological polar surface area (TPSA) is 95.9 Å². The number of carbonyl (C=O) groups excluding carboxylic acids is 2. The number of amidine groups is 1. The number of hydrogen-bond acceptors (Lipinski definition) is 5. The summed E-state index contributed by atoms with van der Waals surface area (Å²) in [7, 11) is -4.03. The van der Waals surface area contributed by atoms with Crippen molar-refractivity contribution in [3.8, 4) is 0 Å². The summed E-state index contributed by atoms with van der Waals surface area (Å²) in [5.41, 5.74) is 0.541. The molecule has 1 aliphatic rings. The molecule has 31 heavy (non-hydrogen) atoms. The molecule has 0 spiro atoms. The quantitative estimate of drug-likeness (QED) is 0.526. The Morgan fingerprint density at radius 2 is 1.87 bits per heavy atom. The maximum atomic E-state index is 12.8. The van der Waals surface area contributed by atoms with Crippen molar-refractivity contribution in [2.24, 2.45) is 4.40 Å². The fraction of sp³-hybridized carbons (Fsp3) is 0.150. The Morgan fingerprint density at radius 1 is 1.23 bits per heavy atom. The van der Waals surface area contributed by atoms with Gasteiger partial charge in [-0.3, -0.25) is 14.5 Å². The van der Waals surface area contributed by atoms with Gasteiger partial charge in [0.1, 0.15) is 5.25 Å². The Kier molecular flexibility index (Phi) is 7.58. The summed E-state index contributed by atoms with van der Waals surface area (Å²) in [5, 5.41) is 2.44. The smallest absolute Gasteiger partial charge is 0.284 e. The van der Waals surface area contributed by atoms with Gasteiger partial charge in [0.05, 0.1) is 4.90 Å². The van der Waals surface area contributed by atoms with E-state index in [0.717, 1.165) is 16.2 Å². The number of sulfonamides is 1. The van der Waals surface area contributed by atoms with Crippen LogP contribution in [-0.2, 0) is 19.6 Å². The highest BCUT2D eigenvalue weighted by Crippen LogP contribution is 2.31. The third kappa shape index (κ3) is 5.97. The summed E-state index contributed by atoms with van der Waals surface area (Å²) in [6.07, 6.45) is 1.33. The van der Waals surface area contributed by atoms with Crippen LogP contribution in [0.2, 0.25) is 5.02 Å². The fourth-order valence-corrected chi connectivity index (χ4v) is 5.44. The van der Waals surface area contributed by atoms with Crippen LogP contribution >= 0.6 is 39.3 Å². The predicted molar refractivity (Wildman–Crippen MR) is 127 cm³/mol. The van der Waals surface area contributed by atoms with Gasteiger partial charge in [0.2, 0.25) is 11.8 Å². The van der Waals surface area contributed by atoms with Crippen LogP contribution in [0.1, 0.15) is 6.42 Å². The van der Waals surface area contributed by atoms with Crippen molar-refractivity contribution in [1.82, 2.24) is 4.90 Å². The number of benzene rings is 2. The monoisotopic (exact) mass is 541 g/mol. The molecular weight excluding hydrogens is 526 g/mol. The van der Waals surface area contributed by atoms with Crippen molar-refractivity contribution in [3.63, 3.8) is 0 Å². The van der Waals surface area contributed by atoms with E-state index >= 15 is 0 Å². The minimum absolute atomic E-state index is 0.00117. The van der Waals surface area contributed by atoms with E-state index in [1.807, 2.05) is 0 Å². The van der Waals surface area contributed by atoms with E-state index in [1.54, 1.807) is 36.4 Å². The highest BCUT2D eigenvalue weighted by atomic mass is 79.9. The van der Waals surface area contributed by atoms with Gasteiger partial charge in [-0.1, -0.05) is 45.4 Å². The summed E-state index contributed by atoms with van der Waals surface area (Å²) in [5.74, 6) is -0.787. The van der Waals surface area contributed by atoms with Crippen LogP contribution in [0.4, 0.5) is 5.69 Å². The Hall–Kier alpha value is -2.14. The minimum atomic E-state index is -4.03. The van der Waals surface area contributed by atoms with E-state index in [9.17, 15) is 18.0 Å². The number of anilines is 1. The summed E-state index contributed by atoms with van der Waals surface area (Å²) >= 11 is 10.0. The molecule has 162 valence electrons. The third-order valence-electron chi connectivity index (χ3n) is 4.14. The number of nitrogens with one attached hydrogen (secondary N) is 1. The molecule has 1 saturated heterocycles. The van der Waals surface area contributed by atoms with Crippen LogP contribution in [0.5, 0.6) is 0 Å². The van der Waals surface area contributed by atoms with Crippen LogP contribution in [0.3, 0.4) is 0 Å². The molecule has 1 fully saturated rings. The average Bonchev–Trinajstić information content (AvgIpc) is 2.98. The average molecular weight is 543 g/mol. The number of amides is 2. The normalized spacial score (nSPS) is 17.7. The van der Waals surface area contributed by atoms with Crippen molar-refractivity contribution in [3.05, 3.63) is 70.7 Å². The van der Waals surface area contributed by atoms with E-state index in [1.165, 1.54) is 23.1 Å². The Balaban J connectivity index is 1.78. The van der Waals surface area contributed by atoms with Gasteiger partial charge in [-0.05, 0) is 48.5 Å². The van der Waals surface area contributed by atoms with Gasteiger partial charge < -0.3 is 5.32 Å². The van der Waals surface area contributed by atoms with E-state index < -0.39 is 21.2 Å². The molecule has 0 bridgehead atoms. The number of thioether (sulfide) groups is 1. The first-order valence-electron chi connectivity index (χ1n) is 8.94. The molecule has 2 amide bonds. The summed E-state index contributed by atoms with van der Waals surface area (Å²) < 4.78 is 30.0. The number of rotatable bonds is 7. The van der Waals surface area contributed by atoms with Crippen molar-refractivity contribution >= 4 is 72.0 Å². The van der Waals surface area contributed by atoms with E-state index in [-0.39, 0.29) is 28.9 Å². The first-order chi connectivity index (χ1) is 14.7. The largest absolute Gasteiger partial charge is 0.326 e. The maximum absolute atomic E-state index is 12.8. The van der Waals surface area contributed by atoms with Crippen molar-refractivity contribution in [2.45, 2.75) is 16.6 Å². The number of hydrogen-bond donors (Lipinski definition) is 1. The Bertz CT molecular complexity index is 1140. The maximum Gasteiger partial charge on any atom is 0.284 e. The lowest BCUT2D eigenvalue weighted by molar-refractivity contribution is -0.127. The first kappa shape index (κ1) is 23.5. The molecule has 3 rings (SSSR count). The molecule has 1 N–H and O–H groups in total. The van der Waals surface area contributed by atoms with Gasteiger partial charge in [0, 0.05) is 28.1 Å². The number of halogens is 2. The molecule has 0 unspecified atom stereocenters. The Morgan fingerprint density at radius 3 is 2.48 bits per heavy atom. The zero-order chi connectivity index (χ0) is 22.6. The van der Waals surface area contributed by atoms with Gasteiger partial charge >= 0.3 is 0 Å². The minimum Gasteiger partial charge on any atom is -0.326 e. The zero-order valence-corrected chi connectivity index (χ0v) is 20.0. The SMILES string of the molecule is C=CCN1C(=O)[C@@H](CC(=O)Nc2ccc(Cl)cc2)SC1=NS(=O)(=O)c1ccc(Br)cc1. The number of carbonyl (C=O) groups is 2. The van der Waals surface area contributed by atoms with Crippen LogP contribution in [0.25, 0.3) is 0 Å². The second-order valence-corrected chi connectivity index (χ2v) is 10.5. The standard InChI is InChI=1S/C20H17BrClN3O4S2/c1-2-11-25-19(27)17(12-18(26)23-15-7-5-14(22)6-8-15)30-20(25)24-31(28,29)16-9-3-13(21)4-10-16/h2-10,17H,1,11-12H2,(H,23,26)/t17-/m1/s1. The summed E-state index contributed by atoms with van der Waals surface area (Å²) in [6.45, 7) is 3.68. The van der Waals surface area contributed by atoms with Crippen molar-refractivity contribution in [2.75, 3.05) is 11.9 Å². The van der Waals surface area contributed by atoms with Gasteiger partial charge in [-0.25, -0.2) is 0 Å². The molecule has 11 heteroatoms. The molecule has 1 heterocycles. The molecule has 2 aromatic carbocycles. The van der Waals surface area contributed by atoms with Gasteiger partial charge in [-0.2, -0.15) is 8.42 Å². The van der Waals surface area contributed by atoms with Gasteiger partial charge in [0.25, 0.3) is 10.0 Å². The second-order valence-electron chi connectivity index (χ2n) is 6.41. The molecule has 0 radical (unpaired) electrons. The lowest BCUT2D eigenvalue weighted by Crippen LogP contribution is -2.33. The second kappa shape index (κ2) is 9.99. The fourth-order valence-electron chi connectivity index (χ4n) is 2.68. The number of nitrogens with zero attached hydrogens (tertiary/aromatic N) is 2. The molecule has 1 aliphatic heterocycles. The lowest BCUT2D eigenvalue weighted by Gasteiger charge is -2.13. The molecule has 0 aliphatic carbocycles. The van der Waals surface area contributed by atoms with Crippen molar-refractivity contribution < 1.29 is 18.0 Å². The molecular formula is C20H17BrClN3O4S2. The molecule has 2 aromatic rings. The highest BCUT2D eigenvalue weighted by molar-refractivity contribution is 9.10. The molecule has 0 aromatic heterocycles. The first-order valence-corrected chi connectivity index (χ1v) is 12.4. The van der Waals surface area contributed by atoms with Crippen LogP contribution in [-0.4, -0.2) is 42.1 Å². The van der Waals surface area contributed by atoms with Gasteiger partial charge in [0.15, 0.2) is 5.17 Å². The molecule has 7 nitrogen and oxygen atoms in total. The third-order valence-corrected chi connectivity index (χ3v) is 7.49. The van der Waals surface area contributed by atoms with E-state index in [2.05, 4.69) is 32.2 Å². The predicted octanol–water partition coefficient (Wildman–Crippen LogP) is 4.31. The zero-order valence-electron chi connectivity index (χ0n) is 16.0. The summed E-state index contributed by atoms with van der Waals surface area (Å²) in [4.78, 5) is 26.4. The van der Waals surface area contributed by atoms with Crippen LogP contribution in [0.15, 0.2) is 75.0 Å².